The van der Waals surface area contributed by atoms with Gasteiger partial charge in [-0.2, -0.15) is 119 Å². The molecule has 0 unspecified atom stereocenters. The first-order valence-electron chi connectivity index (χ1n) is 18.6. The summed E-state index contributed by atoms with van der Waals surface area (Å²) in [4.78, 5) is 12.3. The van der Waals surface area contributed by atoms with E-state index in [1.165, 1.54) is 0 Å². The molecule has 0 atom stereocenters. The SMILES string of the molecule is O=C(COCC(COC(C(F)(F)F)(C(F)(F)F)C(F)(F)F)(COC(C(F)(F)F)(C(F)(F)F)C(F)(F)F)COC(C(F)(F)F)(C(F)(F)F)C(F)(F)F)NCCOCCOCCOCCOCc1ccccc1. The number of carbonyl (C=O) groups excluding carboxylic acids is 1. The zero-order chi connectivity index (χ0) is 55.5. The van der Waals surface area contributed by atoms with Crippen molar-refractivity contribution in [1.82, 2.24) is 5.32 Å². The molecular formula is C34H34F27NO9. The number of carbonyl (C=O) groups is 1. The lowest BCUT2D eigenvalue weighted by Gasteiger charge is -2.45. The van der Waals surface area contributed by atoms with Gasteiger partial charge >= 0.3 is 72.4 Å². The van der Waals surface area contributed by atoms with E-state index in [9.17, 15) is 123 Å². The molecule has 418 valence electrons. The molecule has 1 aromatic carbocycles. The van der Waals surface area contributed by atoms with Crippen LogP contribution in [0, 0.1) is 5.41 Å². The summed E-state index contributed by atoms with van der Waals surface area (Å²) in [6.07, 6.45) is -73.0. The van der Waals surface area contributed by atoms with Crippen LogP contribution in [0.5, 0.6) is 0 Å². The van der Waals surface area contributed by atoms with Crippen molar-refractivity contribution in [3.8, 4) is 0 Å². The van der Waals surface area contributed by atoms with E-state index < -0.39 is 130 Å². The highest BCUT2D eigenvalue weighted by Crippen LogP contribution is 2.59. The van der Waals surface area contributed by atoms with E-state index in [1.807, 2.05) is 0 Å². The molecule has 10 nitrogen and oxygen atoms in total. The molecule has 0 radical (unpaired) electrons. The van der Waals surface area contributed by atoms with Crippen LogP contribution in [0.25, 0.3) is 0 Å². The minimum Gasteiger partial charge on any atom is -0.377 e. The number of amides is 1. The number of nitrogens with one attached hydrogen (secondary N) is 1. The average Bonchev–Trinajstić information content (AvgIpc) is 3.14. The van der Waals surface area contributed by atoms with Gasteiger partial charge in [-0.1, -0.05) is 30.3 Å². The molecule has 0 saturated carbocycles. The number of alkyl halides is 27. The van der Waals surface area contributed by atoms with E-state index in [4.69, 9.17) is 18.9 Å². The van der Waals surface area contributed by atoms with Crippen molar-refractivity contribution in [2.45, 2.75) is 79.0 Å². The van der Waals surface area contributed by atoms with E-state index in [1.54, 1.807) is 35.6 Å². The van der Waals surface area contributed by atoms with Gasteiger partial charge < -0.3 is 43.2 Å². The molecule has 0 aliphatic heterocycles. The van der Waals surface area contributed by atoms with Gasteiger partial charge in [0.05, 0.1) is 84.7 Å². The largest absolute Gasteiger partial charge is 0.435 e. The summed E-state index contributed by atoms with van der Waals surface area (Å²) < 4.78 is 403. The third-order valence-corrected chi connectivity index (χ3v) is 8.81. The Morgan fingerprint density at radius 3 is 0.944 bits per heavy atom. The Hall–Kier alpha value is -3.52. The highest BCUT2D eigenvalue weighted by atomic mass is 19.5. The van der Waals surface area contributed by atoms with Crippen LogP contribution in [-0.4, -0.2) is 164 Å². The van der Waals surface area contributed by atoms with Gasteiger partial charge in [0.2, 0.25) is 5.91 Å². The van der Waals surface area contributed by atoms with E-state index in [0.29, 0.717) is 6.61 Å². The first-order chi connectivity index (χ1) is 31.8. The Bertz CT molecular complexity index is 1500. The van der Waals surface area contributed by atoms with E-state index in [-0.39, 0.29) is 39.6 Å². The van der Waals surface area contributed by atoms with Crippen molar-refractivity contribution in [3.63, 3.8) is 0 Å². The molecule has 0 spiro atoms. The Kier molecular flexibility index (Phi) is 22.3. The number of halogens is 27. The molecule has 37 heteroatoms. The second kappa shape index (κ2) is 24.2. The van der Waals surface area contributed by atoms with Gasteiger partial charge in [-0.3, -0.25) is 4.79 Å². The standard InChI is InChI=1S/C34H34F27NO9/c35-26(36,37)23(27(38,39)40,28(41,42)43)69-17-22(18-70-24(29(44,45)46,30(47,48)49)31(50,51)52,19-71-25(32(53,54)55,33(56,57)58)34(59,60)61)16-68-15-21(63)62-6-7-64-8-9-65-10-11-66-12-13-67-14-20-4-2-1-3-5-20/h1-5H,6-19H2,(H,62,63). The number of benzene rings is 1. The first kappa shape index (κ1) is 65.5. The maximum Gasteiger partial charge on any atom is 0.435 e. The topological polar surface area (TPSA) is 103 Å². The fourth-order valence-corrected chi connectivity index (χ4v) is 5.31. The summed E-state index contributed by atoms with van der Waals surface area (Å²) in [6.45, 7) is -18.8. The highest BCUT2D eigenvalue weighted by molar-refractivity contribution is 5.77. The van der Waals surface area contributed by atoms with Crippen molar-refractivity contribution in [2.75, 3.05) is 85.8 Å². The Labute approximate surface area is 379 Å². The van der Waals surface area contributed by atoms with E-state index >= 15 is 0 Å². The molecule has 0 aliphatic carbocycles. The van der Waals surface area contributed by atoms with Crippen LogP contribution >= 0.6 is 0 Å². The molecule has 0 aliphatic rings. The Morgan fingerprint density at radius 1 is 0.366 bits per heavy atom. The summed E-state index contributed by atoms with van der Waals surface area (Å²) in [5.74, 6) is -1.84. The number of ether oxygens (including phenoxy) is 8. The van der Waals surface area contributed by atoms with Gasteiger partial charge in [-0.15, -0.1) is 0 Å². The van der Waals surface area contributed by atoms with E-state index in [2.05, 4.69) is 18.9 Å². The molecule has 0 heterocycles. The predicted molar refractivity (Wildman–Crippen MR) is 175 cm³/mol. The lowest BCUT2D eigenvalue weighted by Crippen LogP contribution is -2.71. The number of hydrogen-bond acceptors (Lipinski definition) is 9. The zero-order valence-corrected chi connectivity index (χ0v) is 34.7. The van der Waals surface area contributed by atoms with E-state index in [0.717, 1.165) is 5.56 Å². The van der Waals surface area contributed by atoms with Gasteiger partial charge in [0.15, 0.2) is 0 Å². The van der Waals surface area contributed by atoms with Crippen LogP contribution in [0.2, 0.25) is 0 Å². The lowest BCUT2D eigenvalue weighted by atomic mass is 9.89. The number of rotatable bonds is 27. The van der Waals surface area contributed by atoms with Crippen LogP contribution in [0.15, 0.2) is 30.3 Å². The maximum absolute atomic E-state index is 13.7. The quantitative estimate of drug-likeness (QED) is 0.0682. The molecule has 0 fully saturated rings. The summed E-state index contributed by atoms with van der Waals surface area (Å²) >= 11 is 0. The minimum atomic E-state index is -8.11. The third-order valence-electron chi connectivity index (χ3n) is 8.81. The van der Waals surface area contributed by atoms with Gasteiger partial charge in [0.1, 0.15) is 6.61 Å². The fourth-order valence-electron chi connectivity index (χ4n) is 5.31. The molecule has 0 saturated heterocycles. The monoisotopic (exact) mass is 1110 g/mol. The van der Waals surface area contributed by atoms with Crippen molar-refractivity contribution < 1.29 is 161 Å². The van der Waals surface area contributed by atoms with Crippen LogP contribution < -0.4 is 5.32 Å². The maximum atomic E-state index is 13.7. The highest BCUT2D eigenvalue weighted by Gasteiger charge is 2.88. The normalized spacial score (nSPS) is 14.9. The van der Waals surface area contributed by atoms with Crippen LogP contribution in [0.4, 0.5) is 119 Å². The van der Waals surface area contributed by atoms with Crippen molar-refractivity contribution in [1.29, 1.82) is 0 Å². The van der Waals surface area contributed by atoms with Gasteiger partial charge in [0, 0.05) is 6.54 Å². The van der Waals surface area contributed by atoms with Crippen LogP contribution in [0.3, 0.4) is 0 Å². The Balaban J connectivity index is 3.56. The van der Waals surface area contributed by atoms with Gasteiger partial charge in [-0.25, -0.2) is 0 Å². The molecule has 71 heavy (non-hydrogen) atoms. The van der Waals surface area contributed by atoms with Gasteiger partial charge in [0.25, 0.3) is 0 Å². The average molecular weight is 1110 g/mol. The minimum absolute atomic E-state index is 0.0322. The molecule has 1 N–H and O–H groups in total. The number of hydrogen-bond donors (Lipinski definition) is 1. The van der Waals surface area contributed by atoms with Crippen molar-refractivity contribution >= 4 is 5.91 Å². The lowest BCUT2D eigenvalue weighted by molar-refractivity contribution is -0.474. The van der Waals surface area contributed by atoms with Crippen LogP contribution in [-0.2, 0) is 49.3 Å². The van der Waals surface area contributed by atoms with Crippen LogP contribution in [0.1, 0.15) is 5.56 Å². The Morgan fingerprint density at radius 2 is 0.648 bits per heavy atom. The molecule has 0 aromatic heterocycles. The second-order valence-corrected chi connectivity index (χ2v) is 14.1. The predicted octanol–water partition coefficient (Wildman–Crippen LogP) is 9.70. The molecule has 0 bridgehead atoms. The smallest absolute Gasteiger partial charge is 0.377 e. The molecule has 1 amide bonds. The second-order valence-electron chi connectivity index (χ2n) is 14.1. The summed E-state index contributed by atoms with van der Waals surface area (Å²) in [5.41, 5.74) is -28.4. The summed E-state index contributed by atoms with van der Waals surface area (Å²) in [7, 11) is 0. The third kappa shape index (κ3) is 16.2. The van der Waals surface area contributed by atoms with Crippen molar-refractivity contribution in [3.05, 3.63) is 35.9 Å². The zero-order valence-electron chi connectivity index (χ0n) is 34.7. The fraction of sp³-hybridized carbons (Fsp3) is 0.794. The first-order valence-corrected chi connectivity index (χ1v) is 18.6. The summed E-state index contributed by atoms with van der Waals surface area (Å²) in [6, 6.07) is 8.96. The van der Waals surface area contributed by atoms with Gasteiger partial charge in [-0.05, 0) is 5.56 Å². The molecule has 1 rings (SSSR count). The van der Waals surface area contributed by atoms with Crippen molar-refractivity contribution in [2.24, 2.45) is 5.41 Å². The summed E-state index contributed by atoms with van der Waals surface area (Å²) in [5, 5.41) is 1.67. The molecular weight excluding hydrogens is 1080 g/mol. The molecule has 1 aromatic rings.